The third kappa shape index (κ3) is 3.79. The van der Waals surface area contributed by atoms with Crippen LogP contribution in [0.2, 0.25) is 0 Å². The zero-order chi connectivity index (χ0) is 12.8. The van der Waals surface area contributed by atoms with Gasteiger partial charge in [-0.2, -0.15) is 0 Å². The number of rotatable bonds is 6. The minimum Gasteiger partial charge on any atom is -0.481 e. The van der Waals surface area contributed by atoms with Gasteiger partial charge < -0.3 is 15.1 Å². The molecule has 0 heterocycles. The molecule has 0 spiro atoms. The molecular weight excluding hydrogens is 222 g/mol. The molecule has 0 saturated heterocycles. The van der Waals surface area contributed by atoms with E-state index in [0.717, 1.165) is 5.69 Å². The maximum atomic E-state index is 10.7. The van der Waals surface area contributed by atoms with Crippen molar-refractivity contribution in [2.75, 3.05) is 18.0 Å². The highest BCUT2D eigenvalue weighted by molar-refractivity contribution is 5.88. The van der Waals surface area contributed by atoms with Gasteiger partial charge in [-0.05, 0) is 31.2 Å². The van der Waals surface area contributed by atoms with Gasteiger partial charge in [-0.1, -0.05) is 0 Å². The summed E-state index contributed by atoms with van der Waals surface area (Å²) in [4.78, 5) is 23.1. The molecule has 0 unspecified atom stereocenters. The molecule has 5 heteroatoms. The third-order valence-electron chi connectivity index (χ3n) is 2.46. The number of hydrogen-bond acceptors (Lipinski definition) is 3. The molecule has 0 aliphatic heterocycles. The molecule has 0 aliphatic carbocycles. The van der Waals surface area contributed by atoms with Gasteiger partial charge in [0.2, 0.25) is 0 Å². The summed E-state index contributed by atoms with van der Waals surface area (Å²) in [6.07, 6.45) is 0.0640. The Labute approximate surface area is 99.3 Å². The van der Waals surface area contributed by atoms with E-state index in [2.05, 4.69) is 0 Å². The molecule has 1 rings (SSSR count). The number of carboxylic acid groups (broad SMARTS) is 2. The van der Waals surface area contributed by atoms with Crippen LogP contribution in [0.3, 0.4) is 0 Å². The molecule has 0 atom stereocenters. The quantitative estimate of drug-likeness (QED) is 0.787. The van der Waals surface area contributed by atoms with Crippen molar-refractivity contribution in [1.82, 2.24) is 0 Å². The molecule has 5 nitrogen and oxygen atoms in total. The highest BCUT2D eigenvalue weighted by Crippen LogP contribution is 2.15. The number of nitrogens with zero attached hydrogens (tertiary/aromatic N) is 1. The predicted octanol–water partition coefficient (Wildman–Crippen LogP) is 1.69. The number of aliphatic carboxylic acids is 1. The summed E-state index contributed by atoms with van der Waals surface area (Å²) in [6, 6.07) is 6.41. The Hall–Kier alpha value is -2.04. The molecule has 0 aliphatic rings. The van der Waals surface area contributed by atoms with Crippen LogP contribution in [0, 0.1) is 0 Å². The number of benzene rings is 1. The van der Waals surface area contributed by atoms with Gasteiger partial charge in [0.25, 0.3) is 0 Å². The van der Waals surface area contributed by atoms with E-state index in [1.165, 1.54) is 12.1 Å². The summed E-state index contributed by atoms with van der Waals surface area (Å²) in [5.74, 6) is -1.81. The Morgan fingerprint density at radius 2 is 1.76 bits per heavy atom. The Kier molecular flexibility index (Phi) is 4.51. The second-order valence-electron chi connectivity index (χ2n) is 3.58. The van der Waals surface area contributed by atoms with Gasteiger partial charge in [-0.15, -0.1) is 0 Å². The largest absolute Gasteiger partial charge is 0.481 e. The van der Waals surface area contributed by atoms with E-state index in [1.807, 2.05) is 11.8 Å². The highest BCUT2D eigenvalue weighted by atomic mass is 16.4. The van der Waals surface area contributed by atoms with Crippen LogP contribution < -0.4 is 4.90 Å². The second kappa shape index (κ2) is 5.89. The van der Waals surface area contributed by atoms with Crippen molar-refractivity contribution >= 4 is 17.6 Å². The van der Waals surface area contributed by atoms with Crippen molar-refractivity contribution in [2.24, 2.45) is 0 Å². The zero-order valence-corrected chi connectivity index (χ0v) is 9.59. The Morgan fingerprint density at radius 3 is 2.18 bits per heavy atom. The fraction of sp³-hybridized carbons (Fsp3) is 0.333. The summed E-state index contributed by atoms with van der Waals surface area (Å²) in [5.41, 5.74) is 1.06. The molecule has 0 fully saturated rings. The summed E-state index contributed by atoms with van der Waals surface area (Å²) in [7, 11) is 0. The van der Waals surface area contributed by atoms with Crippen molar-refractivity contribution in [3.8, 4) is 0 Å². The molecule has 0 bridgehead atoms. The van der Waals surface area contributed by atoms with Crippen molar-refractivity contribution in [1.29, 1.82) is 0 Å². The van der Waals surface area contributed by atoms with Gasteiger partial charge in [0.15, 0.2) is 0 Å². The molecule has 0 amide bonds. The lowest BCUT2D eigenvalue weighted by molar-refractivity contribution is -0.136. The first kappa shape index (κ1) is 13.0. The molecule has 0 saturated carbocycles. The van der Waals surface area contributed by atoms with Crippen LogP contribution in [0.15, 0.2) is 24.3 Å². The van der Waals surface area contributed by atoms with Crippen molar-refractivity contribution in [3.05, 3.63) is 29.8 Å². The first-order valence-corrected chi connectivity index (χ1v) is 5.34. The predicted molar refractivity (Wildman–Crippen MR) is 63.5 cm³/mol. The van der Waals surface area contributed by atoms with Gasteiger partial charge in [0.1, 0.15) is 0 Å². The smallest absolute Gasteiger partial charge is 0.335 e. The molecule has 2 N–H and O–H groups in total. The van der Waals surface area contributed by atoms with Crippen LogP contribution >= 0.6 is 0 Å². The van der Waals surface area contributed by atoms with Crippen LogP contribution in [0.4, 0.5) is 5.69 Å². The number of carbonyl (C=O) groups is 2. The molecule has 0 aromatic heterocycles. The van der Waals surface area contributed by atoms with Gasteiger partial charge in [0.05, 0.1) is 12.0 Å². The normalized spacial score (nSPS) is 9.94. The zero-order valence-electron chi connectivity index (χ0n) is 9.59. The molecule has 0 radical (unpaired) electrons. The molecule has 17 heavy (non-hydrogen) atoms. The van der Waals surface area contributed by atoms with E-state index in [0.29, 0.717) is 13.1 Å². The summed E-state index contributed by atoms with van der Waals surface area (Å²) < 4.78 is 0. The number of aromatic carboxylic acids is 1. The van der Waals surface area contributed by atoms with Gasteiger partial charge in [-0.25, -0.2) is 4.79 Å². The lowest BCUT2D eigenvalue weighted by atomic mass is 10.2. The minimum absolute atomic E-state index is 0.0640. The Bertz CT molecular complexity index is 399. The number of carboxylic acids is 2. The minimum atomic E-state index is -0.967. The maximum Gasteiger partial charge on any atom is 0.335 e. The molecule has 1 aromatic rings. The summed E-state index contributed by atoms with van der Waals surface area (Å²) in [6.45, 7) is 3.02. The lowest BCUT2D eigenvalue weighted by Crippen LogP contribution is -2.25. The molecular formula is C12H15NO4. The van der Waals surface area contributed by atoms with Crippen LogP contribution in [0.5, 0.6) is 0 Å². The second-order valence-corrected chi connectivity index (χ2v) is 3.58. The first-order valence-electron chi connectivity index (χ1n) is 5.34. The fourth-order valence-electron chi connectivity index (χ4n) is 1.52. The van der Waals surface area contributed by atoms with Crippen molar-refractivity contribution in [2.45, 2.75) is 13.3 Å². The van der Waals surface area contributed by atoms with Crippen LogP contribution in [0.25, 0.3) is 0 Å². The number of hydrogen-bond donors (Lipinski definition) is 2. The lowest BCUT2D eigenvalue weighted by Gasteiger charge is -2.22. The topological polar surface area (TPSA) is 77.8 Å². The van der Waals surface area contributed by atoms with Gasteiger partial charge in [0, 0.05) is 18.8 Å². The third-order valence-corrected chi connectivity index (χ3v) is 2.46. The van der Waals surface area contributed by atoms with Crippen LogP contribution in [-0.2, 0) is 4.79 Å². The Balaban J connectivity index is 2.75. The molecule has 92 valence electrons. The maximum absolute atomic E-state index is 10.7. The first-order chi connectivity index (χ1) is 8.04. The monoisotopic (exact) mass is 237 g/mol. The van der Waals surface area contributed by atoms with E-state index in [-0.39, 0.29) is 12.0 Å². The molecule has 1 aromatic carbocycles. The van der Waals surface area contributed by atoms with E-state index < -0.39 is 11.9 Å². The average Bonchev–Trinajstić information content (AvgIpc) is 2.30. The van der Waals surface area contributed by atoms with Crippen LogP contribution in [-0.4, -0.2) is 35.2 Å². The van der Waals surface area contributed by atoms with Crippen molar-refractivity contribution < 1.29 is 19.8 Å². The van der Waals surface area contributed by atoms with Gasteiger partial charge in [-0.3, -0.25) is 4.79 Å². The van der Waals surface area contributed by atoms with Crippen LogP contribution in [0.1, 0.15) is 23.7 Å². The van der Waals surface area contributed by atoms with E-state index >= 15 is 0 Å². The average molecular weight is 237 g/mol. The van der Waals surface area contributed by atoms with Crippen molar-refractivity contribution in [3.63, 3.8) is 0 Å². The Morgan fingerprint density at radius 1 is 1.18 bits per heavy atom. The summed E-state index contributed by atoms with van der Waals surface area (Å²) >= 11 is 0. The summed E-state index contributed by atoms with van der Waals surface area (Å²) in [5, 5.41) is 17.4. The standard InChI is InChI=1S/C12H15NO4/c1-2-13(8-7-11(14)15)10-5-3-9(4-6-10)12(16)17/h3-6H,2,7-8H2,1H3,(H,14,15)(H,16,17). The van der Waals surface area contributed by atoms with Gasteiger partial charge >= 0.3 is 11.9 Å². The highest BCUT2D eigenvalue weighted by Gasteiger charge is 2.08. The van der Waals surface area contributed by atoms with E-state index in [4.69, 9.17) is 10.2 Å². The van der Waals surface area contributed by atoms with E-state index in [1.54, 1.807) is 12.1 Å². The SMILES string of the molecule is CCN(CCC(=O)O)c1ccc(C(=O)O)cc1. The van der Waals surface area contributed by atoms with E-state index in [9.17, 15) is 9.59 Å². The fourth-order valence-corrected chi connectivity index (χ4v) is 1.52. The number of anilines is 1.